The number of aliphatic hydroxyl groups excluding tert-OH is 1. The Balaban J connectivity index is 1.86. The van der Waals surface area contributed by atoms with E-state index >= 15 is 0 Å². The van der Waals surface area contributed by atoms with Gasteiger partial charge in [-0.2, -0.15) is 0 Å². The normalized spacial score (nSPS) is 21.2. The van der Waals surface area contributed by atoms with Crippen LogP contribution in [0.4, 0.5) is 4.79 Å². The number of nitrogens with one attached hydrogen (secondary N) is 2. The molecule has 1 heterocycles. The summed E-state index contributed by atoms with van der Waals surface area (Å²) in [5, 5.41) is 15.1. The molecule has 0 aromatic heterocycles. The first-order valence-electron chi connectivity index (χ1n) is 7.05. The standard InChI is InChI=1S/C15H22N2O3/c1-11(14-8-5-9-20-14)16-15(19)17-13(10-18)12-6-3-2-4-7-12/h2-4,6-7,11,13-14,18H,5,8-10H2,1H3,(H2,16,17,19). The minimum absolute atomic E-state index is 0.0346. The van der Waals surface area contributed by atoms with E-state index in [-0.39, 0.29) is 24.8 Å². The second-order valence-corrected chi connectivity index (χ2v) is 5.10. The minimum Gasteiger partial charge on any atom is -0.394 e. The van der Waals surface area contributed by atoms with Crippen LogP contribution in [0, 0.1) is 0 Å². The molecule has 1 aromatic carbocycles. The molecule has 0 aliphatic carbocycles. The van der Waals surface area contributed by atoms with E-state index in [9.17, 15) is 9.90 Å². The van der Waals surface area contributed by atoms with Crippen molar-refractivity contribution in [3.05, 3.63) is 35.9 Å². The van der Waals surface area contributed by atoms with Crippen LogP contribution < -0.4 is 10.6 Å². The van der Waals surface area contributed by atoms with Crippen LogP contribution in [0.25, 0.3) is 0 Å². The highest BCUT2D eigenvalue weighted by molar-refractivity contribution is 5.74. The largest absolute Gasteiger partial charge is 0.394 e. The zero-order valence-electron chi connectivity index (χ0n) is 11.7. The monoisotopic (exact) mass is 278 g/mol. The third-order valence-corrected chi connectivity index (χ3v) is 3.57. The van der Waals surface area contributed by atoms with Gasteiger partial charge in [-0.3, -0.25) is 0 Å². The number of hydrogen-bond donors (Lipinski definition) is 3. The molecule has 0 bridgehead atoms. The van der Waals surface area contributed by atoms with Crippen molar-refractivity contribution in [2.45, 2.75) is 38.0 Å². The van der Waals surface area contributed by atoms with Crippen molar-refractivity contribution in [2.24, 2.45) is 0 Å². The van der Waals surface area contributed by atoms with Crippen molar-refractivity contribution in [1.29, 1.82) is 0 Å². The summed E-state index contributed by atoms with van der Waals surface area (Å²) in [6.07, 6.45) is 2.11. The van der Waals surface area contributed by atoms with Gasteiger partial charge in [-0.15, -0.1) is 0 Å². The summed E-state index contributed by atoms with van der Waals surface area (Å²) >= 11 is 0. The molecule has 5 nitrogen and oxygen atoms in total. The summed E-state index contributed by atoms with van der Waals surface area (Å²) in [5.74, 6) is 0. The van der Waals surface area contributed by atoms with E-state index in [1.807, 2.05) is 37.3 Å². The maximum Gasteiger partial charge on any atom is 0.315 e. The predicted octanol–water partition coefficient (Wildman–Crippen LogP) is 1.59. The molecule has 0 spiro atoms. The Bertz CT molecular complexity index is 418. The Labute approximate surface area is 119 Å². The Morgan fingerprint density at radius 2 is 2.15 bits per heavy atom. The second-order valence-electron chi connectivity index (χ2n) is 5.10. The molecule has 1 aromatic rings. The zero-order valence-corrected chi connectivity index (χ0v) is 11.7. The molecule has 1 fully saturated rings. The average molecular weight is 278 g/mol. The summed E-state index contributed by atoms with van der Waals surface area (Å²) in [6, 6.07) is 8.71. The molecule has 3 unspecified atom stereocenters. The lowest BCUT2D eigenvalue weighted by atomic mass is 10.1. The van der Waals surface area contributed by atoms with Gasteiger partial charge in [-0.1, -0.05) is 30.3 Å². The summed E-state index contributed by atoms with van der Waals surface area (Å²) in [4.78, 5) is 12.0. The SMILES string of the molecule is CC(NC(=O)NC(CO)c1ccccc1)C1CCCO1. The van der Waals surface area contributed by atoms with Gasteiger partial charge < -0.3 is 20.5 Å². The maximum atomic E-state index is 12.0. The van der Waals surface area contributed by atoms with Gasteiger partial charge in [0.25, 0.3) is 0 Å². The number of carbonyl (C=O) groups is 1. The third-order valence-electron chi connectivity index (χ3n) is 3.57. The van der Waals surface area contributed by atoms with Crippen LogP contribution in [0.3, 0.4) is 0 Å². The molecule has 2 amide bonds. The summed E-state index contributed by atoms with van der Waals surface area (Å²) in [7, 11) is 0. The molecule has 110 valence electrons. The molecular weight excluding hydrogens is 256 g/mol. The van der Waals surface area contributed by atoms with E-state index in [4.69, 9.17) is 4.74 Å². The molecule has 1 aliphatic heterocycles. The first-order valence-corrected chi connectivity index (χ1v) is 7.05. The topological polar surface area (TPSA) is 70.6 Å². The van der Waals surface area contributed by atoms with Gasteiger partial charge in [0.15, 0.2) is 0 Å². The molecule has 2 rings (SSSR count). The fourth-order valence-corrected chi connectivity index (χ4v) is 2.42. The first-order chi connectivity index (χ1) is 9.70. The molecule has 3 atom stereocenters. The van der Waals surface area contributed by atoms with Crippen LogP contribution in [-0.4, -0.2) is 36.5 Å². The quantitative estimate of drug-likeness (QED) is 0.766. The number of aliphatic hydroxyl groups is 1. The number of amides is 2. The third kappa shape index (κ3) is 3.95. The second kappa shape index (κ2) is 7.26. The van der Waals surface area contributed by atoms with E-state index in [2.05, 4.69) is 10.6 Å². The number of hydrogen-bond acceptors (Lipinski definition) is 3. The number of rotatable bonds is 5. The van der Waals surface area contributed by atoms with Crippen molar-refractivity contribution >= 4 is 6.03 Å². The van der Waals surface area contributed by atoms with Crippen LogP contribution in [0.15, 0.2) is 30.3 Å². The summed E-state index contributed by atoms with van der Waals surface area (Å²) in [6.45, 7) is 2.57. The fourth-order valence-electron chi connectivity index (χ4n) is 2.42. The van der Waals surface area contributed by atoms with Crippen LogP contribution in [-0.2, 0) is 4.74 Å². The molecule has 5 heteroatoms. The summed E-state index contributed by atoms with van der Waals surface area (Å²) < 4.78 is 5.54. The van der Waals surface area contributed by atoms with Crippen LogP contribution in [0.2, 0.25) is 0 Å². The lowest BCUT2D eigenvalue weighted by Gasteiger charge is -2.23. The van der Waals surface area contributed by atoms with Crippen molar-refractivity contribution in [1.82, 2.24) is 10.6 Å². The van der Waals surface area contributed by atoms with E-state index < -0.39 is 6.04 Å². The van der Waals surface area contributed by atoms with Crippen molar-refractivity contribution < 1.29 is 14.6 Å². The highest BCUT2D eigenvalue weighted by Gasteiger charge is 2.24. The maximum absolute atomic E-state index is 12.0. The fraction of sp³-hybridized carbons (Fsp3) is 0.533. The average Bonchev–Trinajstić information content (AvgIpc) is 3.00. The molecular formula is C15H22N2O3. The smallest absolute Gasteiger partial charge is 0.315 e. The van der Waals surface area contributed by atoms with Gasteiger partial charge in [0.05, 0.1) is 24.8 Å². The van der Waals surface area contributed by atoms with Gasteiger partial charge in [0.1, 0.15) is 0 Å². The summed E-state index contributed by atoms with van der Waals surface area (Å²) in [5.41, 5.74) is 0.884. The van der Waals surface area contributed by atoms with Crippen molar-refractivity contribution in [2.75, 3.05) is 13.2 Å². The van der Waals surface area contributed by atoms with E-state index in [1.54, 1.807) is 0 Å². The van der Waals surface area contributed by atoms with Gasteiger partial charge in [0.2, 0.25) is 0 Å². The molecule has 1 saturated heterocycles. The minimum atomic E-state index is -0.395. The highest BCUT2D eigenvalue weighted by atomic mass is 16.5. The molecule has 1 aliphatic rings. The van der Waals surface area contributed by atoms with Gasteiger partial charge in [-0.05, 0) is 25.3 Å². The zero-order chi connectivity index (χ0) is 14.4. The van der Waals surface area contributed by atoms with Gasteiger partial charge >= 0.3 is 6.03 Å². The Morgan fingerprint density at radius 1 is 1.40 bits per heavy atom. The van der Waals surface area contributed by atoms with E-state index in [0.29, 0.717) is 0 Å². The van der Waals surface area contributed by atoms with Crippen LogP contribution >= 0.6 is 0 Å². The Morgan fingerprint density at radius 3 is 2.75 bits per heavy atom. The number of ether oxygens (including phenoxy) is 1. The van der Waals surface area contributed by atoms with E-state index in [1.165, 1.54) is 0 Å². The highest BCUT2D eigenvalue weighted by Crippen LogP contribution is 2.16. The van der Waals surface area contributed by atoms with Crippen LogP contribution in [0.5, 0.6) is 0 Å². The number of benzene rings is 1. The lowest BCUT2D eigenvalue weighted by Crippen LogP contribution is -2.47. The molecule has 20 heavy (non-hydrogen) atoms. The Hall–Kier alpha value is -1.59. The predicted molar refractivity (Wildman–Crippen MR) is 76.4 cm³/mol. The molecule has 0 saturated carbocycles. The van der Waals surface area contributed by atoms with Crippen LogP contribution in [0.1, 0.15) is 31.4 Å². The first kappa shape index (κ1) is 14.8. The van der Waals surface area contributed by atoms with Gasteiger partial charge in [-0.25, -0.2) is 4.79 Å². The number of urea groups is 1. The Kier molecular flexibility index (Phi) is 5.38. The lowest BCUT2D eigenvalue weighted by molar-refractivity contribution is 0.0856. The molecule has 3 N–H and O–H groups in total. The number of carbonyl (C=O) groups excluding carboxylic acids is 1. The van der Waals surface area contributed by atoms with Crippen molar-refractivity contribution in [3.8, 4) is 0 Å². The van der Waals surface area contributed by atoms with Crippen molar-refractivity contribution in [3.63, 3.8) is 0 Å². The molecule has 0 radical (unpaired) electrons. The van der Waals surface area contributed by atoms with E-state index in [0.717, 1.165) is 25.0 Å². The van der Waals surface area contributed by atoms with Gasteiger partial charge in [0, 0.05) is 6.61 Å².